The van der Waals surface area contributed by atoms with Gasteiger partial charge < -0.3 is 5.32 Å². The zero-order chi connectivity index (χ0) is 14.0. The van der Waals surface area contributed by atoms with Crippen LogP contribution in [0.1, 0.15) is 44.6 Å². The molecule has 1 aromatic rings. The lowest BCUT2D eigenvalue weighted by Gasteiger charge is -2.41. The van der Waals surface area contributed by atoms with Gasteiger partial charge in [0.25, 0.3) is 0 Å². The molecule has 0 aliphatic heterocycles. The summed E-state index contributed by atoms with van der Waals surface area (Å²) in [4.78, 5) is 0. The normalized spacial score (nSPS) is 26.4. The predicted octanol–water partition coefficient (Wildman–Crippen LogP) is 5.12. The van der Waals surface area contributed by atoms with Crippen LogP contribution in [0.25, 0.3) is 0 Å². The van der Waals surface area contributed by atoms with Crippen molar-refractivity contribution >= 4 is 23.2 Å². The third-order valence-electron chi connectivity index (χ3n) is 4.36. The quantitative estimate of drug-likeness (QED) is 0.816. The Labute approximate surface area is 126 Å². The molecule has 2 atom stereocenters. The minimum Gasteiger partial charge on any atom is -0.319 e. The van der Waals surface area contributed by atoms with E-state index >= 15 is 0 Å². The lowest BCUT2D eigenvalue weighted by molar-refractivity contribution is 0.161. The van der Waals surface area contributed by atoms with E-state index in [2.05, 4.69) is 25.2 Å². The average molecular weight is 300 g/mol. The highest BCUT2D eigenvalue weighted by molar-refractivity contribution is 6.33. The Morgan fingerprint density at radius 2 is 2.05 bits per heavy atom. The molecule has 19 heavy (non-hydrogen) atoms. The molecule has 0 radical (unpaired) electrons. The SMILES string of the molecule is CNCC1CCC(C)(C)CC1c1cc(Cl)ccc1Cl. The molecule has 0 heterocycles. The summed E-state index contributed by atoms with van der Waals surface area (Å²) in [7, 11) is 2.02. The van der Waals surface area contributed by atoms with E-state index in [1.165, 1.54) is 24.8 Å². The van der Waals surface area contributed by atoms with Gasteiger partial charge in [0.05, 0.1) is 0 Å². The van der Waals surface area contributed by atoms with E-state index in [-0.39, 0.29) is 0 Å². The van der Waals surface area contributed by atoms with Crippen molar-refractivity contribution < 1.29 is 0 Å². The molecule has 0 spiro atoms. The molecule has 1 aliphatic rings. The highest BCUT2D eigenvalue weighted by Crippen LogP contribution is 2.48. The number of nitrogens with one attached hydrogen (secondary N) is 1. The molecule has 2 rings (SSSR count). The van der Waals surface area contributed by atoms with Crippen LogP contribution in [0, 0.1) is 11.3 Å². The summed E-state index contributed by atoms with van der Waals surface area (Å²) in [5.74, 6) is 1.15. The van der Waals surface area contributed by atoms with Gasteiger partial charge >= 0.3 is 0 Å². The Bertz CT molecular complexity index is 442. The Morgan fingerprint density at radius 3 is 2.74 bits per heavy atom. The first-order valence-electron chi connectivity index (χ1n) is 7.02. The lowest BCUT2D eigenvalue weighted by atomic mass is 9.65. The Kier molecular flexibility index (Phi) is 4.81. The van der Waals surface area contributed by atoms with Gasteiger partial charge in [0, 0.05) is 10.0 Å². The lowest BCUT2D eigenvalue weighted by Crippen LogP contribution is -2.33. The van der Waals surface area contributed by atoms with Crippen LogP contribution in [0.5, 0.6) is 0 Å². The van der Waals surface area contributed by atoms with Crippen molar-refractivity contribution in [2.24, 2.45) is 11.3 Å². The minimum absolute atomic E-state index is 0.389. The number of halogens is 2. The highest BCUT2D eigenvalue weighted by Gasteiger charge is 2.36. The maximum Gasteiger partial charge on any atom is 0.0441 e. The van der Waals surface area contributed by atoms with Gasteiger partial charge in [-0.25, -0.2) is 0 Å². The molecule has 1 aliphatic carbocycles. The molecule has 2 unspecified atom stereocenters. The van der Waals surface area contributed by atoms with Crippen molar-refractivity contribution in [2.75, 3.05) is 13.6 Å². The number of benzene rings is 1. The minimum atomic E-state index is 0.389. The van der Waals surface area contributed by atoms with Crippen molar-refractivity contribution in [1.82, 2.24) is 5.32 Å². The Hall–Kier alpha value is -0.240. The molecule has 1 aromatic carbocycles. The molecule has 0 saturated heterocycles. The summed E-state index contributed by atoms with van der Waals surface area (Å²) in [6, 6.07) is 5.85. The second-order valence-corrected chi connectivity index (χ2v) is 7.34. The number of hydrogen-bond acceptors (Lipinski definition) is 1. The molecular weight excluding hydrogens is 277 g/mol. The van der Waals surface area contributed by atoms with E-state index in [9.17, 15) is 0 Å². The van der Waals surface area contributed by atoms with Crippen LogP contribution in [0.15, 0.2) is 18.2 Å². The molecule has 3 heteroatoms. The van der Waals surface area contributed by atoms with E-state index in [0.717, 1.165) is 16.6 Å². The smallest absolute Gasteiger partial charge is 0.0441 e. The first kappa shape index (κ1) is 15.2. The van der Waals surface area contributed by atoms with Crippen LogP contribution in [-0.2, 0) is 0 Å². The third kappa shape index (κ3) is 3.65. The second kappa shape index (κ2) is 6.03. The first-order valence-corrected chi connectivity index (χ1v) is 7.78. The number of rotatable bonds is 3. The average Bonchev–Trinajstić information content (AvgIpc) is 2.34. The summed E-state index contributed by atoms with van der Waals surface area (Å²) >= 11 is 12.6. The Balaban J connectivity index is 2.33. The molecule has 1 saturated carbocycles. The van der Waals surface area contributed by atoms with E-state index in [0.29, 0.717) is 17.3 Å². The van der Waals surface area contributed by atoms with Crippen LogP contribution in [-0.4, -0.2) is 13.6 Å². The van der Waals surface area contributed by atoms with E-state index in [4.69, 9.17) is 23.2 Å². The van der Waals surface area contributed by atoms with Gasteiger partial charge in [0.1, 0.15) is 0 Å². The van der Waals surface area contributed by atoms with Crippen LogP contribution in [0.4, 0.5) is 0 Å². The summed E-state index contributed by atoms with van der Waals surface area (Å²) in [5, 5.41) is 4.96. The van der Waals surface area contributed by atoms with Gasteiger partial charge in [-0.05, 0) is 73.9 Å². The van der Waals surface area contributed by atoms with Gasteiger partial charge in [-0.1, -0.05) is 37.0 Å². The van der Waals surface area contributed by atoms with Crippen molar-refractivity contribution in [2.45, 2.75) is 39.0 Å². The van der Waals surface area contributed by atoms with Crippen LogP contribution in [0.2, 0.25) is 10.0 Å². The largest absolute Gasteiger partial charge is 0.319 e. The fraction of sp³-hybridized carbons (Fsp3) is 0.625. The van der Waals surface area contributed by atoms with E-state index in [1.807, 2.05) is 19.2 Å². The molecule has 1 N–H and O–H groups in total. The summed E-state index contributed by atoms with van der Waals surface area (Å²) in [5.41, 5.74) is 1.61. The van der Waals surface area contributed by atoms with E-state index < -0.39 is 0 Å². The van der Waals surface area contributed by atoms with Crippen molar-refractivity contribution in [3.8, 4) is 0 Å². The third-order valence-corrected chi connectivity index (χ3v) is 4.94. The first-order chi connectivity index (χ1) is 8.93. The highest BCUT2D eigenvalue weighted by atomic mass is 35.5. The molecule has 106 valence electrons. The molecule has 0 bridgehead atoms. The molecule has 1 nitrogen and oxygen atoms in total. The zero-order valence-corrected chi connectivity index (χ0v) is 13.5. The Morgan fingerprint density at radius 1 is 1.32 bits per heavy atom. The molecule has 0 amide bonds. The van der Waals surface area contributed by atoms with Gasteiger partial charge in [-0.15, -0.1) is 0 Å². The van der Waals surface area contributed by atoms with Crippen LogP contribution in [0.3, 0.4) is 0 Å². The van der Waals surface area contributed by atoms with E-state index in [1.54, 1.807) is 0 Å². The standard InChI is InChI=1S/C16H23Cl2N/c1-16(2)7-6-11(10-19-3)14(9-16)13-8-12(17)4-5-15(13)18/h4-5,8,11,14,19H,6-7,9-10H2,1-3H3. The molecule has 0 aromatic heterocycles. The van der Waals surface area contributed by atoms with Crippen molar-refractivity contribution in [3.05, 3.63) is 33.8 Å². The fourth-order valence-corrected chi connectivity index (χ4v) is 3.75. The monoisotopic (exact) mass is 299 g/mol. The van der Waals surface area contributed by atoms with Gasteiger partial charge in [-0.3, -0.25) is 0 Å². The summed E-state index contributed by atoms with van der Waals surface area (Å²) < 4.78 is 0. The van der Waals surface area contributed by atoms with Gasteiger partial charge in [-0.2, -0.15) is 0 Å². The predicted molar refractivity (Wildman–Crippen MR) is 84.3 cm³/mol. The summed E-state index contributed by atoms with van der Waals surface area (Å²) in [6.07, 6.45) is 3.72. The molecule has 1 fully saturated rings. The van der Waals surface area contributed by atoms with Gasteiger partial charge in [0.15, 0.2) is 0 Å². The maximum atomic E-state index is 6.41. The molecular formula is C16H23Cl2N. The van der Waals surface area contributed by atoms with Crippen LogP contribution >= 0.6 is 23.2 Å². The zero-order valence-electron chi connectivity index (χ0n) is 12.0. The van der Waals surface area contributed by atoms with Crippen molar-refractivity contribution in [1.29, 1.82) is 0 Å². The fourth-order valence-electron chi connectivity index (χ4n) is 3.31. The summed E-state index contributed by atoms with van der Waals surface area (Å²) in [6.45, 7) is 5.76. The topological polar surface area (TPSA) is 12.0 Å². The van der Waals surface area contributed by atoms with Gasteiger partial charge in [0.2, 0.25) is 0 Å². The number of hydrogen-bond donors (Lipinski definition) is 1. The maximum absolute atomic E-state index is 6.41. The second-order valence-electron chi connectivity index (χ2n) is 6.50. The van der Waals surface area contributed by atoms with Crippen molar-refractivity contribution in [3.63, 3.8) is 0 Å². The van der Waals surface area contributed by atoms with Crippen LogP contribution < -0.4 is 5.32 Å².